The molecule has 108 valence electrons. The molecule has 0 bridgehead atoms. The molecule has 6 nitrogen and oxygen atoms in total. The second-order valence-electron chi connectivity index (χ2n) is 4.65. The van der Waals surface area contributed by atoms with Crippen molar-refractivity contribution in [2.24, 2.45) is 19.2 Å². The number of carbonyl (C=O) groups is 1. The number of thioether (sulfide) groups is 1. The van der Waals surface area contributed by atoms with Crippen LogP contribution in [0, 0.1) is 0 Å². The molecule has 1 aromatic heterocycles. The Bertz CT molecular complexity index is 834. The molecule has 0 aliphatic carbocycles. The van der Waals surface area contributed by atoms with E-state index in [1.54, 1.807) is 29.4 Å². The first kappa shape index (κ1) is 14.0. The minimum atomic E-state index is -0.116. The fraction of sp³-hybridized carbons (Fsp3) is 0.231. The first-order valence-electron chi connectivity index (χ1n) is 6.18. The lowest BCUT2D eigenvalue weighted by molar-refractivity contribution is -0.123. The van der Waals surface area contributed by atoms with Gasteiger partial charge in [-0.3, -0.25) is 13.9 Å². The molecule has 1 saturated heterocycles. The van der Waals surface area contributed by atoms with Crippen LogP contribution >= 0.6 is 24.0 Å². The Balaban J connectivity index is 1.99. The first-order chi connectivity index (χ1) is 9.99. The summed E-state index contributed by atoms with van der Waals surface area (Å²) in [6.07, 6.45) is 1.58. The van der Waals surface area contributed by atoms with Gasteiger partial charge >= 0.3 is 5.69 Å². The van der Waals surface area contributed by atoms with E-state index in [0.29, 0.717) is 10.1 Å². The van der Waals surface area contributed by atoms with Crippen LogP contribution < -0.4 is 5.69 Å². The van der Waals surface area contributed by atoms with Gasteiger partial charge in [-0.25, -0.2) is 4.79 Å². The fourth-order valence-corrected chi connectivity index (χ4v) is 3.15. The maximum Gasteiger partial charge on any atom is 0.328 e. The second-order valence-corrected chi connectivity index (χ2v) is 6.26. The number of carbonyl (C=O) groups excluding carboxylic acids is 1. The third-order valence-electron chi connectivity index (χ3n) is 3.35. The zero-order chi connectivity index (χ0) is 15.1. The zero-order valence-corrected chi connectivity index (χ0v) is 13.1. The van der Waals surface area contributed by atoms with Gasteiger partial charge in [0.2, 0.25) is 0 Å². The Kier molecular flexibility index (Phi) is 3.42. The molecule has 0 unspecified atom stereocenters. The molecule has 1 amide bonds. The van der Waals surface area contributed by atoms with Crippen LogP contribution in [0.5, 0.6) is 0 Å². The Morgan fingerprint density at radius 1 is 1.24 bits per heavy atom. The summed E-state index contributed by atoms with van der Waals surface area (Å²) in [4.78, 5) is 23.4. The van der Waals surface area contributed by atoms with E-state index >= 15 is 0 Å². The largest absolute Gasteiger partial charge is 0.328 e. The SMILES string of the molecule is Cn1c(=O)n(C)c2cc(/C=N/N3C(=O)CSC3=S)ccc21. The van der Waals surface area contributed by atoms with Gasteiger partial charge < -0.3 is 0 Å². The van der Waals surface area contributed by atoms with Crippen LogP contribution in [0.2, 0.25) is 0 Å². The molecular formula is C13H12N4O2S2. The van der Waals surface area contributed by atoms with Crippen LogP contribution in [-0.4, -0.2) is 36.3 Å². The maximum absolute atomic E-state index is 11.9. The van der Waals surface area contributed by atoms with Crippen LogP contribution in [0.15, 0.2) is 28.1 Å². The molecule has 1 aromatic carbocycles. The van der Waals surface area contributed by atoms with Crippen LogP contribution in [0.4, 0.5) is 0 Å². The average Bonchev–Trinajstić information content (AvgIpc) is 2.90. The van der Waals surface area contributed by atoms with Crippen molar-refractivity contribution in [3.63, 3.8) is 0 Å². The van der Waals surface area contributed by atoms with Crippen molar-refractivity contribution in [1.82, 2.24) is 14.1 Å². The first-order valence-corrected chi connectivity index (χ1v) is 7.57. The summed E-state index contributed by atoms with van der Waals surface area (Å²) in [5.41, 5.74) is 2.39. The van der Waals surface area contributed by atoms with E-state index in [4.69, 9.17) is 12.2 Å². The van der Waals surface area contributed by atoms with Crippen LogP contribution in [-0.2, 0) is 18.9 Å². The number of benzene rings is 1. The monoisotopic (exact) mass is 320 g/mol. The van der Waals surface area contributed by atoms with Gasteiger partial charge in [0.1, 0.15) is 0 Å². The zero-order valence-electron chi connectivity index (χ0n) is 11.4. The number of aryl methyl sites for hydroxylation is 2. The smallest absolute Gasteiger partial charge is 0.295 e. The Labute approximate surface area is 130 Å². The molecular weight excluding hydrogens is 308 g/mol. The lowest BCUT2D eigenvalue weighted by atomic mass is 10.2. The summed E-state index contributed by atoms with van der Waals surface area (Å²) >= 11 is 6.36. The predicted molar refractivity (Wildman–Crippen MR) is 87.7 cm³/mol. The number of aromatic nitrogens is 2. The lowest BCUT2D eigenvalue weighted by Gasteiger charge is -2.06. The quantitative estimate of drug-likeness (QED) is 0.613. The van der Waals surface area contributed by atoms with Crippen molar-refractivity contribution in [2.45, 2.75) is 0 Å². The molecule has 8 heteroatoms. The summed E-state index contributed by atoms with van der Waals surface area (Å²) in [6.45, 7) is 0. The molecule has 2 aromatic rings. The van der Waals surface area contributed by atoms with E-state index in [2.05, 4.69) is 5.10 Å². The summed E-state index contributed by atoms with van der Waals surface area (Å²) < 4.78 is 3.63. The number of hydrazone groups is 1. The van der Waals surface area contributed by atoms with Gasteiger partial charge in [0.15, 0.2) is 4.32 Å². The number of rotatable bonds is 2. The van der Waals surface area contributed by atoms with Gasteiger partial charge in [-0.15, -0.1) is 0 Å². The van der Waals surface area contributed by atoms with E-state index in [1.165, 1.54) is 16.8 Å². The minimum absolute atomic E-state index is 0.0774. The van der Waals surface area contributed by atoms with Gasteiger partial charge in [-0.2, -0.15) is 10.1 Å². The van der Waals surface area contributed by atoms with Crippen LogP contribution in [0.1, 0.15) is 5.56 Å². The van der Waals surface area contributed by atoms with Gasteiger partial charge in [0.25, 0.3) is 5.91 Å². The Morgan fingerprint density at radius 2 is 1.95 bits per heavy atom. The van der Waals surface area contributed by atoms with Crippen LogP contribution in [0.3, 0.4) is 0 Å². The number of hydrogen-bond acceptors (Lipinski definition) is 5. The minimum Gasteiger partial charge on any atom is -0.295 e. The lowest BCUT2D eigenvalue weighted by Crippen LogP contribution is -2.22. The van der Waals surface area contributed by atoms with E-state index in [9.17, 15) is 9.59 Å². The summed E-state index contributed by atoms with van der Waals surface area (Å²) in [6, 6.07) is 5.57. The summed E-state index contributed by atoms with van der Waals surface area (Å²) in [7, 11) is 3.46. The highest BCUT2D eigenvalue weighted by Gasteiger charge is 2.25. The Hall–Kier alpha value is -1.93. The highest BCUT2D eigenvalue weighted by Crippen LogP contribution is 2.19. The van der Waals surface area contributed by atoms with Crippen LogP contribution in [0.25, 0.3) is 11.0 Å². The van der Waals surface area contributed by atoms with Gasteiger partial charge in [0, 0.05) is 14.1 Å². The van der Waals surface area contributed by atoms with E-state index in [1.807, 2.05) is 18.2 Å². The fourth-order valence-electron chi connectivity index (χ4n) is 2.19. The standard InChI is InChI=1S/C13H12N4O2S2/c1-15-9-4-3-8(5-10(9)16(2)12(15)19)6-14-17-11(18)7-21-13(17)20/h3-6H,7H2,1-2H3/b14-6+. The molecule has 2 heterocycles. The number of amides is 1. The molecule has 21 heavy (non-hydrogen) atoms. The molecule has 0 N–H and O–H groups in total. The molecule has 1 aliphatic heterocycles. The molecule has 1 aliphatic rings. The molecule has 0 atom stereocenters. The average molecular weight is 320 g/mol. The predicted octanol–water partition coefficient (Wildman–Crippen LogP) is 1.07. The van der Waals surface area contributed by atoms with Gasteiger partial charge in [-0.1, -0.05) is 30.0 Å². The van der Waals surface area contributed by atoms with Crippen molar-refractivity contribution in [2.75, 3.05) is 5.75 Å². The number of nitrogens with zero attached hydrogens (tertiary/aromatic N) is 4. The van der Waals surface area contributed by atoms with Gasteiger partial charge in [-0.05, 0) is 17.7 Å². The third kappa shape index (κ3) is 2.30. The number of imidazole rings is 1. The molecule has 0 saturated carbocycles. The molecule has 1 fully saturated rings. The normalized spacial score (nSPS) is 15.8. The molecule has 3 rings (SSSR count). The highest BCUT2D eigenvalue weighted by atomic mass is 32.2. The van der Waals surface area contributed by atoms with E-state index in [0.717, 1.165) is 16.6 Å². The summed E-state index contributed by atoms with van der Waals surface area (Å²) in [5.74, 6) is 0.219. The van der Waals surface area contributed by atoms with Crippen molar-refractivity contribution in [3.8, 4) is 0 Å². The van der Waals surface area contributed by atoms with Gasteiger partial charge in [0.05, 0.1) is 23.0 Å². The second kappa shape index (κ2) is 5.12. The summed E-state index contributed by atoms with van der Waals surface area (Å²) in [5, 5.41) is 5.35. The number of thiocarbonyl (C=S) groups is 1. The highest BCUT2D eigenvalue weighted by molar-refractivity contribution is 8.23. The third-order valence-corrected chi connectivity index (χ3v) is 4.68. The van der Waals surface area contributed by atoms with E-state index < -0.39 is 0 Å². The van der Waals surface area contributed by atoms with Crippen molar-refractivity contribution in [3.05, 3.63) is 34.2 Å². The van der Waals surface area contributed by atoms with E-state index in [-0.39, 0.29) is 11.6 Å². The topological polar surface area (TPSA) is 59.6 Å². The molecule has 0 radical (unpaired) electrons. The Morgan fingerprint density at radius 3 is 2.62 bits per heavy atom. The molecule has 0 spiro atoms. The van der Waals surface area contributed by atoms with Crippen molar-refractivity contribution in [1.29, 1.82) is 0 Å². The van der Waals surface area contributed by atoms with Crippen molar-refractivity contribution >= 4 is 51.5 Å². The van der Waals surface area contributed by atoms with Crippen molar-refractivity contribution < 1.29 is 4.79 Å². The maximum atomic E-state index is 11.9. The number of hydrogen-bond donors (Lipinski definition) is 0. The number of fused-ring (bicyclic) bond motifs is 1.